The number of nitro groups is 1. The molecule has 138 valence electrons. The van der Waals surface area contributed by atoms with Gasteiger partial charge in [-0.15, -0.1) is 0 Å². The molecule has 0 spiro atoms. The van der Waals surface area contributed by atoms with Gasteiger partial charge < -0.3 is 9.73 Å². The molecule has 7 nitrogen and oxygen atoms in total. The number of benzene rings is 2. The van der Waals surface area contributed by atoms with Crippen LogP contribution in [0.2, 0.25) is 0 Å². The molecule has 0 radical (unpaired) electrons. The highest BCUT2D eigenvalue weighted by molar-refractivity contribution is 6.09. The van der Waals surface area contributed by atoms with Crippen LogP contribution >= 0.6 is 0 Å². The van der Waals surface area contributed by atoms with Crippen LogP contribution in [0.25, 0.3) is 17.4 Å². The molecule has 0 aliphatic carbocycles. The topological polar surface area (TPSA) is 109 Å². The number of carbonyl (C=O) groups excluding carboxylic acids is 1. The summed E-state index contributed by atoms with van der Waals surface area (Å²) in [6.07, 6.45) is 1.25. The normalized spacial score (nSPS) is 10.9. The van der Waals surface area contributed by atoms with Gasteiger partial charge in [-0.25, -0.2) is 4.39 Å². The Balaban J connectivity index is 1.79. The van der Waals surface area contributed by atoms with Gasteiger partial charge in [-0.3, -0.25) is 14.9 Å². The first-order valence-electron chi connectivity index (χ1n) is 7.99. The van der Waals surface area contributed by atoms with E-state index in [1.54, 1.807) is 30.3 Å². The van der Waals surface area contributed by atoms with E-state index in [9.17, 15) is 24.6 Å². The van der Waals surface area contributed by atoms with Crippen LogP contribution in [0.5, 0.6) is 0 Å². The number of furan rings is 1. The highest BCUT2D eigenvalue weighted by atomic mass is 19.1. The van der Waals surface area contributed by atoms with E-state index in [2.05, 4.69) is 5.32 Å². The molecule has 0 aliphatic heterocycles. The third kappa shape index (κ3) is 4.28. The van der Waals surface area contributed by atoms with Crippen LogP contribution in [-0.2, 0) is 4.79 Å². The Labute approximate surface area is 158 Å². The summed E-state index contributed by atoms with van der Waals surface area (Å²) in [7, 11) is 0. The zero-order chi connectivity index (χ0) is 20.1. The smallest absolute Gasteiger partial charge is 0.271 e. The molecule has 3 aromatic rings. The highest BCUT2D eigenvalue weighted by Gasteiger charge is 2.13. The summed E-state index contributed by atoms with van der Waals surface area (Å²) in [6, 6.07) is 16.0. The number of nitro benzene ring substituents is 1. The van der Waals surface area contributed by atoms with Crippen molar-refractivity contribution in [3.8, 4) is 17.4 Å². The largest absolute Gasteiger partial charge is 0.457 e. The number of nitrogens with one attached hydrogen (secondary N) is 1. The zero-order valence-electron chi connectivity index (χ0n) is 14.3. The molecule has 0 atom stereocenters. The number of non-ortho nitro benzene ring substituents is 1. The maximum Gasteiger partial charge on any atom is 0.271 e. The van der Waals surface area contributed by atoms with E-state index < -0.39 is 10.8 Å². The van der Waals surface area contributed by atoms with Crippen LogP contribution in [0, 0.1) is 27.3 Å². The zero-order valence-corrected chi connectivity index (χ0v) is 14.3. The molecule has 0 saturated carbocycles. The lowest BCUT2D eigenvalue weighted by Gasteiger charge is -2.03. The Hall–Kier alpha value is -4.25. The first kappa shape index (κ1) is 18.5. The number of carbonyl (C=O) groups is 1. The molecule has 0 unspecified atom stereocenters. The summed E-state index contributed by atoms with van der Waals surface area (Å²) in [5.41, 5.74) is 0.397. The second kappa shape index (κ2) is 7.97. The molecular formula is C20H12FN3O4. The number of nitriles is 1. The van der Waals surface area contributed by atoms with Gasteiger partial charge in [-0.1, -0.05) is 6.07 Å². The van der Waals surface area contributed by atoms with E-state index in [1.807, 2.05) is 0 Å². The van der Waals surface area contributed by atoms with Crippen LogP contribution in [0.4, 0.5) is 15.8 Å². The third-order valence-corrected chi connectivity index (χ3v) is 3.72. The number of nitrogens with zero attached hydrogens (tertiary/aromatic N) is 2. The number of rotatable bonds is 5. The summed E-state index contributed by atoms with van der Waals surface area (Å²) < 4.78 is 18.6. The van der Waals surface area contributed by atoms with Gasteiger partial charge in [0.05, 0.1) is 4.92 Å². The van der Waals surface area contributed by atoms with Crippen LogP contribution in [0.1, 0.15) is 5.76 Å². The summed E-state index contributed by atoms with van der Waals surface area (Å²) in [4.78, 5) is 22.5. The molecule has 1 N–H and O–H groups in total. The standard InChI is InChI=1S/C20H12FN3O4/c21-15-6-4-13(5-7-15)19-9-8-18(28-19)10-14(12-22)20(25)23-16-2-1-3-17(11-16)24(26)27/h1-11H,(H,23,25)/b14-10+. The van der Waals surface area contributed by atoms with Gasteiger partial charge in [-0.05, 0) is 42.5 Å². The van der Waals surface area contributed by atoms with Crippen molar-refractivity contribution in [2.45, 2.75) is 0 Å². The van der Waals surface area contributed by atoms with Gasteiger partial charge in [0.2, 0.25) is 0 Å². The number of hydrogen-bond donors (Lipinski definition) is 1. The van der Waals surface area contributed by atoms with Crippen LogP contribution in [-0.4, -0.2) is 10.8 Å². The molecular weight excluding hydrogens is 365 g/mol. The molecule has 0 bridgehead atoms. The van der Waals surface area contributed by atoms with E-state index in [0.717, 1.165) is 0 Å². The lowest BCUT2D eigenvalue weighted by molar-refractivity contribution is -0.384. The number of hydrogen-bond acceptors (Lipinski definition) is 5. The van der Waals surface area contributed by atoms with Crippen LogP contribution < -0.4 is 5.32 Å². The Morgan fingerprint density at radius 3 is 2.61 bits per heavy atom. The molecule has 2 aromatic carbocycles. The van der Waals surface area contributed by atoms with Crippen molar-refractivity contribution >= 4 is 23.4 Å². The average Bonchev–Trinajstić information content (AvgIpc) is 3.15. The maximum absolute atomic E-state index is 13.0. The van der Waals surface area contributed by atoms with Crippen molar-refractivity contribution in [3.63, 3.8) is 0 Å². The Kier molecular flexibility index (Phi) is 5.28. The minimum Gasteiger partial charge on any atom is -0.457 e. The van der Waals surface area contributed by atoms with Gasteiger partial charge in [0.15, 0.2) is 0 Å². The van der Waals surface area contributed by atoms with E-state index in [0.29, 0.717) is 11.3 Å². The fourth-order valence-corrected chi connectivity index (χ4v) is 2.39. The Morgan fingerprint density at radius 2 is 1.93 bits per heavy atom. The molecule has 1 heterocycles. The lowest BCUT2D eigenvalue weighted by atomic mass is 10.2. The predicted octanol–water partition coefficient (Wildman–Crippen LogP) is 4.54. The molecule has 0 fully saturated rings. The first-order chi connectivity index (χ1) is 13.5. The summed E-state index contributed by atoms with van der Waals surface area (Å²) in [6.45, 7) is 0. The van der Waals surface area contributed by atoms with E-state index in [1.165, 1.54) is 42.5 Å². The van der Waals surface area contributed by atoms with Crippen molar-refractivity contribution in [2.24, 2.45) is 0 Å². The fourth-order valence-electron chi connectivity index (χ4n) is 2.39. The van der Waals surface area contributed by atoms with Gasteiger partial charge in [0, 0.05) is 29.5 Å². The molecule has 0 aliphatic rings. The van der Waals surface area contributed by atoms with E-state index in [4.69, 9.17) is 4.42 Å². The van der Waals surface area contributed by atoms with E-state index in [-0.39, 0.29) is 28.5 Å². The van der Waals surface area contributed by atoms with Crippen LogP contribution in [0.15, 0.2) is 70.7 Å². The van der Waals surface area contributed by atoms with Crippen molar-refractivity contribution in [1.82, 2.24) is 0 Å². The van der Waals surface area contributed by atoms with Crippen molar-refractivity contribution in [3.05, 3.63) is 87.9 Å². The third-order valence-electron chi connectivity index (χ3n) is 3.72. The predicted molar refractivity (Wildman–Crippen MR) is 99.4 cm³/mol. The quantitative estimate of drug-likeness (QED) is 0.304. The van der Waals surface area contributed by atoms with Gasteiger partial charge in [-0.2, -0.15) is 5.26 Å². The number of anilines is 1. The first-order valence-corrected chi connectivity index (χ1v) is 7.99. The second-order valence-corrected chi connectivity index (χ2v) is 5.64. The monoisotopic (exact) mass is 377 g/mol. The highest BCUT2D eigenvalue weighted by Crippen LogP contribution is 2.24. The van der Waals surface area contributed by atoms with E-state index >= 15 is 0 Å². The van der Waals surface area contributed by atoms with Gasteiger partial charge in [0.1, 0.15) is 29.0 Å². The summed E-state index contributed by atoms with van der Waals surface area (Å²) in [5, 5.41) is 22.5. The van der Waals surface area contributed by atoms with Crippen molar-refractivity contribution in [2.75, 3.05) is 5.32 Å². The fraction of sp³-hybridized carbons (Fsp3) is 0. The molecule has 1 amide bonds. The minimum absolute atomic E-state index is 0.185. The molecule has 8 heteroatoms. The Morgan fingerprint density at radius 1 is 1.18 bits per heavy atom. The van der Waals surface area contributed by atoms with Gasteiger partial charge >= 0.3 is 0 Å². The molecule has 28 heavy (non-hydrogen) atoms. The SMILES string of the molecule is N#C/C(=C\c1ccc(-c2ccc(F)cc2)o1)C(=O)Nc1cccc([N+](=O)[O-])c1. The minimum atomic E-state index is -0.734. The number of amides is 1. The second-order valence-electron chi connectivity index (χ2n) is 5.64. The molecule has 0 saturated heterocycles. The molecule has 3 rings (SSSR count). The van der Waals surface area contributed by atoms with Crippen LogP contribution in [0.3, 0.4) is 0 Å². The molecule has 1 aromatic heterocycles. The Bertz CT molecular complexity index is 1110. The van der Waals surface area contributed by atoms with Crippen molar-refractivity contribution in [1.29, 1.82) is 5.26 Å². The van der Waals surface area contributed by atoms with Gasteiger partial charge in [0.25, 0.3) is 11.6 Å². The number of halogens is 1. The lowest BCUT2D eigenvalue weighted by Crippen LogP contribution is -2.13. The van der Waals surface area contributed by atoms with Crippen molar-refractivity contribution < 1.29 is 18.5 Å². The average molecular weight is 377 g/mol. The maximum atomic E-state index is 13.0. The summed E-state index contributed by atoms with van der Waals surface area (Å²) in [5.74, 6) is -0.407. The summed E-state index contributed by atoms with van der Waals surface area (Å²) >= 11 is 0.